The topological polar surface area (TPSA) is 40.5 Å². The number of carboxylic acid groups (broad SMARTS) is 1. The molecule has 1 aliphatic heterocycles. The minimum absolute atomic E-state index is 0.386. The van der Waals surface area contributed by atoms with E-state index in [1.54, 1.807) is 12.1 Å². The Morgan fingerprint density at radius 2 is 1.90 bits per heavy atom. The van der Waals surface area contributed by atoms with E-state index in [-0.39, 0.29) is 0 Å². The van der Waals surface area contributed by atoms with Crippen molar-refractivity contribution in [3.8, 4) is 0 Å². The Bertz CT molecular complexity index is 456. The maximum absolute atomic E-state index is 11.0. The first-order valence-corrected chi connectivity index (χ1v) is 7.63. The number of nitrogens with zero attached hydrogens (tertiary/aromatic N) is 1. The third-order valence-corrected chi connectivity index (χ3v) is 4.26. The van der Waals surface area contributed by atoms with Crippen LogP contribution in [0.4, 0.5) is 0 Å². The third-order valence-electron chi connectivity index (χ3n) is 4.26. The first-order chi connectivity index (χ1) is 9.58. The van der Waals surface area contributed by atoms with Crippen LogP contribution in [-0.4, -0.2) is 29.1 Å². The van der Waals surface area contributed by atoms with Crippen molar-refractivity contribution in [1.82, 2.24) is 4.90 Å². The highest BCUT2D eigenvalue weighted by molar-refractivity contribution is 5.87. The zero-order valence-corrected chi connectivity index (χ0v) is 12.6. The summed E-state index contributed by atoms with van der Waals surface area (Å²) in [6, 6.07) is 7.30. The lowest BCUT2D eigenvalue weighted by molar-refractivity contribution is -0.0203. The summed E-state index contributed by atoms with van der Waals surface area (Å²) in [5.41, 5.74) is 2.01. The number of aromatic carboxylic acids is 1. The van der Waals surface area contributed by atoms with Crippen LogP contribution in [0.5, 0.6) is 0 Å². The Hall–Kier alpha value is -1.35. The molecule has 0 bridgehead atoms. The van der Waals surface area contributed by atoms with Crippen molar-refractivity contribution >= 4 is 5.97 Å². The van der Waals surface area contributed by atoms with Gasteiger partial charge in [-0.15, -0.1) is 0 Å². The van der Waals surface area contributed by atoms with E-state index in [0.29, 0.717) is 11.0 Å². The molecular formula is C17H25NO2. The van der Waals surface area contributed by atoms with Crippen LogP contribution in [0.1, 0.15) is 55.5 Å². The van der Waals surface area contributed by atoms with Gasteiger partial charge in [0, 0.05) is 19.6 Å². The first kappa shape index (κ1) is 15.0. The van der Waals surface area contributed by atoms with Gasteiger partial charge in [0.2, 0.25) is 0 Å². The number of carbonyl (C=O) groups is 1. The summed E-state index contributed by atoms with van der Waals surface area (Å²) in [6.45, 7) is 7.71. The Labute approximate surface area is 121 Å². The van der Waals surface area contributed by atoms with E-state index in [2.05, 4.69) is 18.7 Å². The highest BCUT2D eigenvalue weighted by atomic mass is 16.4. The molecule has 1 N–H and O–H groups in total. The molecule has 0 radical (unpaired) electrons. The second kappa shape index (κ2) is 6.40. The smallest absolute Gasteiger partial charge is 0.335 e. The van der Waals surface area contributed by atoms with Gasteiger partial charge in [0.1, 0.15) is 0 Å². The number of carboxylic acids is 1. The molecule has 0 unspecified atom stereocenters. The van der Waals surface area contributed by atoms with Gasteiger partial charge >= 0.3 is 5.97 Å². The second-order valence-corrected chi connectivity index (χ2v) is 6.15. The number of hydrogen-bond acceptors (Lipinski definition) is 2. The predicted octanol–water partition coefficient (Wildman–Crippen LogP) is 3.79. The normalized spacial score (nSPS) is 17.7. The average Bonchev–Trinajstić information content (AvgIpc) is 2.37. The van der Waals surface area contributed by atoms with Gasteiger partial charge < -0.3 is 5.11 Å². The Kier molecular flexibility index (Phi) is 4.81. The lowest BCUT2D eigenvalue weighted by Crippen LogP contribution is -2.55. The minimum atomic E-state index is -0.846. The van der Waals surface area contributed by atoms with E-state index >= 15 is 0 Å². The van der Waals surface area contributed by atoms with Gasteiger partial charge in [0.15, 0.2) is 0 Å². The van der Waals surface area contributed by atoms with E-state index < -0.39 is 5.97 Å². The number of rotatable bonds is 7. The van der Waals surface area contributed by atoms with Crippen LogP contribution in [0.2, 0.25) is 0 Å². The lowest BCUT2D eigenvalue weighted by atomic mass is 9.72. The molecule has 1 aromatic carbocycles. The quantitative estimate of drug-likeness (QED) is 0.823. The van der Waals surface area contributed by atoms with Crippen molar-refractivity contribution < 1.29 is 9.90 Å². The fraction of sp³-hybridized carbons (Fsp3) is 0.588. The van der Waals surface area contributed by atoms with E-state index in [9.17, 15) is 4.79 Å². The zero-order valence-electron chi connectivity index (χ0n) is 12.6. The molecule has 1 aliphatic rings. The molecule has 0 amide bonds. The van der Waals surface area contributed by atoms with Gasteiger partial charge in [-0.25, -0.2) is 4.79 Å². The average molecular weight is 275 g/mol. The van der Waals surface area contributed by atoms with Crippen LogP contribution >= 0.6 is 0 Å². The van der Waals surface area contributed by atoms with E-state index in [1.807, 2.05) is 12.1 Å². The highest BCUT2D eigenvalue weighted by Crippen LogP contribution is 2.40. The minimum Gasteiger partial charge on any atom is -0.478 e. The zero-order chi connectivity index (χ0) is 14.6. The van der Waals surface area contributed by atoms with Crippen LogP contribution in [0.15, 0.2) is 24.3 Å². The molecule has 3 heteroatoms. The van der Waals surface area contributed by atoms with Gasteiger partial charge in [-0.3, -0.25) is 4.90 Å². The molecule has 0 aromatic heterocycles. The van der Waals surface area contributed by atoms with Gasteiger partial charge in [0.25, 0.3) is 0 Å². The predicted molar refractivity (Wildman–Crippen MR) is 80.9 cm³/mol. The van der Waals surface area contributed by atoms with E-state index in [1.165, 1.54) is 25.7 Å². The molecule has 1 heterocycles. The molecular weight excluding hydrogens is 250 g/mol. The number of benzene rings is 1. The van der Waals surface area contributed by atoms with E-state index in [0.717, 1.165) is 25.2 Å². The molecule has 2 rings (SSSR count). The van der Waals surface area contributed by atoms with Crippen LogP contribution in [0, 0.1) is 5.41 Å². The van der Waals surface area contributed by atoms with Gasteiger partial charge in [0.05, 0.1) is 5.56 Å². The molecule has 1 saturated heterocycles. The summed E-state index contributed by atoms with van der Waals surface area (Å²) < 4.78 is 0. The summed E-state index contributed by atoms with van der Waals surface area (Å²) in [6.07, 6.45) is 5.13. The van der Waals surface area contributed by atoms with Crippen molar-refractivity contribution in [2.45, 2.75) is 46.1 Å². The Morgan fingerprint density at radius 1 is 1.25 bits per heavy atom. The summed E-state index contributed by atoms with van der Waals surface area (Å²) in [7, 11) is 0. The fourth-order valence-electron chi connectivity index (χ4n) is 3.58. The van der Waals surface area contributed by atoms with Crippen LogP contribution in [0.3, 0.4) is 0 Å². The molecule has 0 atom stereocenters. The van der Waals surface area contributed by atoms with Crippen LogP contribution in [-0.2, 0) is 6.54 Å². The second-order valence-electron chi connectivity index (χ2n) is 6.15. The maximum atomic E-state index is 11.0. The molecule has 0 saturated carbocycles. The summed E-state index contributed by atoms with van der Waals surface area (Å²) in [5, 5.41) is 9.02. The third kappa shape index (κ3) is 3.40. The SMILES string of the molecule is CCCC1(CCC)CN(Cc2cccc(C(=O)O)c2)C1. The lowest BCUT2D eigenvalue weighted by Gasteiger charge is -2.51. The Balaban J connectivity index is 1.93. The molecule has 0 aliphatic carbocycles. The van der Waals surface area contributed by atoms with Gasteiger partial charge in [-0.1, -0.05) is 38.8 Å². The Morgan fingerprint density at radius 3 is 2.45 bits per heavy atom. The number of likely N-dealkylation sites (tertiary alicyclic amines) is 1. The highest BCUT2D eigenvalue weighted by Gasteiger charge is 2.40. The molecule has 3 nitrogen and oxygen atoms in total. The molecule has 0 spiro atoms. The molecule has 110 valence electrons. The van der Waals surface area contributed by atoms with E-state index in [4.69, 9.17) is 5.11 Å². The van der Waals surface area contributed by atoms with Gasteiger partial charge in [-0.05, 0) is 36.0 Å². The van der Waals surface area contributed by atoms with Gasteiger partial charge in [-0.2, -0.15) is 0 Å². The van der Waals surface area contributed by atoms with Crippen molar-refractivity contribution in [3.63, 3.8) is 0 Å². The maximum Gasteiger partial charge on any atom is 0.335 e. The summed E-state index contributed by atoms with van der Waals surface area (Å²) in [4.78, 5) is 13.4. The molecule has 20 heavy (non-hydrogen) atoms. The van der Waals surface area contributed by atoms with Crippen LogP contribution < -0.4 is 0 Å². The number of hydrogen-bond donors (Lipinski definition) is 1. The molecule has 1 fully saturated rings. The monoisotopic (exact) mass is 275 g/mol. The van der Waals surface area contributed by atoms with Crippen LogP contribution in [0.25, 0.3) is 0 Å². The largest absolute Gasteiger partial charge is 0.478 e. The van der Waals surface area contributed by atoms with Crippen molar-refractivity contribution in [1.29, 1.82) is 0 Å². The first-order valence-electron chi connectivity index (χ1n) is 7.63. The molecule has 1 aromatic rings. The fourth-order valence-corrected chi connectivity index (χ4v) is 3.58. The standard InChI is InChI=1S/C17H25NO2/c1-3-8-17(9-4-2)12-18(13-17)11-14-6-5-7-15(10-14)16(19)20/h5-7,10H,3-4,8-9,11-13H2,1-2H3,(H,19,20). The van der Waals surface area contributed by atoms with Crippen molar-refractivity contribution in [2.75, 3.05) is 13.1 Å². The summed E-state index contributed by atoms with van der Waals surface area (Å²) in [5.74, 6) is -0.846. The van der Waals surface area contributed by atoms with Crippen molar-refractivity contribution in [2.24, 2.45) is 5.41 Å². The van der Waals surface area contributed by atoms with Crippen molar-refractivity contribution in [3.05, 3.63) is 35.4 Å². The summed E-state index contributed by atoms with van der Waals surface area (Å²) >= 11 is 0.